The second-order valence-electron chi connectivity index (χ2n) is 4.85. The van der Waals surface area contributed by atoms with Gasteiger partial charge in [-0.3, -0.25) is 4.68 Å². The highest BCUT2D eigenvalue weighted by Crippen LogP contribution is 2.38. The van der Waals surface area contributed by atoms with Gasteiger partial charge in [-0.2, -0.15) is 5.10 Å². The number of aromatic nitrogens is 2. The molecule has 3 heteroatoms. The molecule has 1 saturated carbocycles. The summed E-state index contributed by atoms with van der Waals surface area (Å²) in [5.74, 6) is 0.970. The molecule has 1 heterocycles. The monoisotopic (exact) mass is 284 g/mol. The molecule has 0 aliphatic heterocycles. The van der Waals surface area contributed by atoms with Crippen molar-refractivity contribution >= 4 is 15.9 Å². The van der Waals surface area contributed by atoms with E-state index in [2.05, 4.69) is 41.1 Å². The lowest BCUT2D eigenvalue weighted by Crippen LogP contribution is -2.03. The molecular weight excluding hydrogens is 264 g/mol. The highest BCUT2D eigenvalue weighted by Gasteiger charge is 2.28. The van der Waals surface area contributed by atoms with Crippen LogP contribution < -0.4 is 0 Å². The summed E-state index contributed by atoms with van der Waals surface area (Å²) >= 11 is 3.79. The minimum absolute atomic E-state index is 0.756. The highest BCUT2D eigenvalue weighted by atomic mass is 79.9. The van der Waals surface area contributed by atoms with E-state index in [-0.39, 0.29) is 0 Å². The van der Waals surface area contributed by atoms with Crippen LogP contribution in [0.3, 0.4) is 0 Å². The van der Waals surface area contributed by atoms with Gasteiger partial charge in [0.15, 0.2) is 0 Å². The van der Waals surface area contributed by atoms with Crippen LogP contribution in [0, 0.1) is 5.92 Å². The second kappa shape index (κ2) is 5.35. The molecule has 0 bridgehead atoms. The molecule has 1 aromatic heterocycles. The third kappa shape index (κ3) is 3.09. The average Bonchev–Trinajstić information content (AvgIpc) is 3.05. The molecule has 16 heavy (non-hydrogen) atoms. The molecule has 1 aromatic rings. The van der Waals surface area contributed by atoms with Gasteiger partial charge in [0.1, 0.15) is 0 Å². The molecule has 1 aliphatic carbocycles. The molecule has 1 aliphatic rings. The normalized spacial score (nSPS) is 17.7. The number of hydrogen-bond donors (Lipinski definition) is 0. The fourth-order valence-electron chi connectivity index (χ4n) is 2.15. The van der Waals surface area contributed by atoms with Crippen LogP contribution in [-0.4, -0.2) is 14.6 Å². The van der Waals surface area contributed by atoms with Crippen molar-refractivity contribution in [1.29, 1.82) is 0 Å². The van der Waals surface area contributed by atoms with Crippen LogP contribution in [0.4, 0.5) is 0 Å². The molecule has 0 radical (unpaired) electrons. The predicted molar refractivity (Wildman–Crippen MR) is 71.0 cm³/mol. The zero-order valence-corrected chi connectivity index (χ0v) is 11.8. The zero-order chi connectivity index (χ0) is 11.5. The maximum Gasteiger partial charge on any atom is 0.0624 e. The smallest absolute Gasteiger partial charge is 0.0624 e. The number of hydrogen-bond acceptors (Lipinski definition) is 1. The summed E-state index contributed by atoms with van der Waals surface area (Å²) in [5, 5.41) is 4.48. The van der Waals surface area contributed by atoms with Gasteiger partial charge >= 0.3 is 0 Å². The lowest BCUT2D eigenvalue weighted by Gasteiger charge is -2.07. The van der Waals surface area contributed by atoms with Crippen molar-refractivity contribution < 1.29 is 0 Å². The first-order valence-corrected chi connectivity index (χ1v) is 7.28. The topological polar surface area (TPSA) is 17.8 Å². The lowest BCUT2D eigenvalue weighted by atomic mass is 10.1. The van der Waals surface area contributed by atoms with E-state index >= 15 is 0 Å². The molecule has 1 fully saturated rings. The molecule has 0 amide bonds. The Bertz CT molecular complexity index is 342. The van der Waals surface area contributed by atoms with Crippen LogP contribution >= 0.6 is 15.9 Å². The Balaban J connectivity index is 1.77. The van der Waals surface area contributed by atoms with E-state index in [0.29, 0.717) is 0 Å². The lowest BCUT2D eigenvalue weighted by molar-refractivity contribution is 0.622. The van der Waals surface area contributed by atoms with E-state index in [1.54, 1.807) is 0 Å². The fourth-order valence-corrected chi connectivity index (χ4v) is 3.00. The van der Waals surface area contributed by atoms with Crippen molar-refractivity contribution in [3.63, 3.8) is 0 Å². The summed E-state index contributed by atoms with van der Waals surface area (Å²) in [6.07, 6.45) is 7.64. The van der Waals surface area contributed by atoms with Crippen LogP contribution in [-0.2, 0) is 19.9 Å². The first-order chi connectivity index (χ1) is 7.70. The molecule has 2 nitrogen and oxygen atoms in total. The summed E-state index contributed by atoms with van der Waals surface area (Å²) < 4.78 is 2.04. The van der Waals surface area contributed by atoms with E-state index in [4.69, 9.17) is 0 Å². The van der Waals surface area contributed by atoms with Crippen molar-refractivity contribution in [2.45, 2.75) is 50.3 Å². The van der Waals surface area contributed by atoms with E-state index < -0.39 is 0 Å². The predicted octanol–water partition coefficient (Wildman–Crippen LogP) is 3.48. The quantitative estimate of drug-likeness (QED) is 0.732. The molecule has 1 unspecified atom stereocenters. The van der Waals surface area contributed by atoms with Gasteiger partial charge in [0.05, 0.1) is 5.69 Å². The van der Waals surface area contributed by atoms with Crippen molar-refractivity contribution in [2.24, 2.45) is 13.0 Å². The maximum atomic E-state index is 4.48. The number of alkyl halides is 1. The van der Waals surface area contributed by atoms with E-state index in [1.165, 1.54) is 43.5 Å². The Kier molecular flexibility index (Phi) is 4.06. The number of aryl methyl sites for hydroxylation is 3. The fraction of sp³-hybridized carbons (Fsp3) is 0.769. The second-order valence-corrected chi connectivity index (χ2v) is 6.03. The Morgan fingerprint density at radius 2 is 2.31 bits per heavy atom. The van der Waals surface area contributed by atoms with Crippen LogP contribution in [0.15, 0.2) is 6.07 Å². The van der Waals surface area contributed by atoms with Gasteiger partial charge in [0.25, 0.3) is 0 Å². The molecule has 90 valence electrons. The minimum Gasteiger partial charge on any atom is -0.272 e. The van der Waals surface area contributed by atoms with Crippen molar-refractivity contribution in [3.8, 4) is 0 Å². The van der Waals surface area contributed by atoms with Gasteiger partial charge in [-0.05, 0) is 50.5 Å². The highest BCUT2D eigenvalue weighted by molar-refractivity contribution is 9.09. The SMILES string of the molecule is CCc1cc(CCCC(Br)C2CC2)n(C)n1. The maximum absolute atomic E-state index is 4.48. The Morgan fingerprint density at radius 3 is 2.88 bits per heavy atom. The van der Waals surface area contributed by atoms with Gasteiger partial charge in [-0.1, -0.05) is 22.9 Å². The van der Waals surface area contributed by atoms with Gasteiger partial charge in [0, 0.05) is 17.6 Å². The Labute approximate surface area is 107 Å². The van der Waals surface area contributed by atoms with Crippen LogP contribution in [0.1, 0.15) is 44.0 Å². The largest absolute Gasteiger partial charge is 0.272 e. The zero-order valence-electron chi connectivity index (χ0n) is 10.2. The van der Waals surface area contributed by atoms with Crippen molar-refractivity contribution in [1.82, 2.24) is 9.78 Å². The van der Waals surface area contributed by atoms with Crippen molar-refractivity contribution in [2.75, 3.05) is 0 Å². The Morgan fingerprint density at radius 1 is 1.56 bits per heavy atom. The summed E-state index contributed by atoms with van der Waals surface area (Å²) in [7, 11) is 2.06. The number of rotatable bonds is 6. The van der Waals surface area contributed by atoms with Gasteiger partial charge < -0.3 is 0 Å². The number of halogens is 1. The number of nitrogens with zero attached hydrogens (tertiary/aromatic N) is 2. The average molecular weight is 285 g/mol. The first kappa shape index (κ1) is 12.2. The summed E-state index contributed by atoms with van der Waals surface area (Å²) in [6.45, 7) is 2.16. The third-order valence-corrected chi connectivity index (χ3v) is 4.64. The van der Waals surface area contributed by atoms with E-state index in [9.17, 15) is 0 Å². The van der Waals surface area contributed by atoms with Crippen LogP contribution in [0.2, 0.25) is 0 Å². The van der Waals surface area contributed by atoms with Crippen molar-refractivity contribution in [3.05, 3.63) is 17.5 Å². The summed E-state index contributed by atoms with van der Waals surface area (Å²) in [5.41, 5.74) is 2.60. The molecule has 2 rings (SSSR count). The third-order valence-electron chi connectivity index (χ3n) is 3.44. The summed E-state index contributed by atoms with van der Waals surface area (Å²) in [4.78, 5) is 0.756. The molecule has 0 spiro atoms. The molecule has 0 saturated heterocycles. The van der Waals surface area contributed by atoms with Gasteiger partial charge in [0.2, 0.25) is 0 Å². The molecule has 1 atom stereocenters. The first-order valence-electron chi connectivity index (χ1n) is 6.36. The summed E-state index contributed by atoms with van der Waals surface area (Å²) in [6, 6.07) is 2.25. The van der Waals surface area contributed by atoms with E-state index in [1.807, 2.05) is 4.68 Å². The van der Waals surface area contributed by atoms with Crippen LogP contribution in [0.25, 0.3) is 0 Å². The molecular formula is C13H21BrN2. The van der Waals surface area contributed by atoms with Gasteiger partial charge in [-0.15, -0.1) is 0 Å². The Hall–Kier alpha value is -0.310. The molecule has 0 aromatic carbocycles. The van der Waals surface area contributed by atoms with E-state index in [0.717, 1.165) is 17.2 Å². The molecule has 0 N–H and O–H groups in total. The van der Waals surface area contributed by atoms with Crippen LogP contribution in [0.5, 0.6) is 0 Å². The minimum atomic E-state index is 0.756. The van der Waals surface area contributed by atoms with Gasteiger partial charge in [-0.25, -0.2) is 0 Å². The standard InChI is InChI=1S/C13H21BrN2/c1-3-11-9-12(16(2)15-11)5-4-6-13(14)10-7-8-10/h9-10,13H,3-8H2,1-2H3.